The van der Waals surface area contributed by atoms with E-state index in [0.717, 1.165) is 17.7 Å². The molecule has 21 heavy (non-hydrogen) atoms. The van der Waals surface area contributed by atoms with Gasteiger partial charge >= 0.3 is 0 Å². The summed E-state index contributed by atoms with van der Waals surface area (Å²) in [5, 5.41) is 0. The molecule has 1 saturated heterocycles. The molecule has 3 rings (SSSR count). The molecule has 0 bridgehead atoms. The third-order valence-corrected chi connectivity index (χ3v) is 5.33. The van der Waals surface area contributed by atoms with Crippen molar-refractivity contribution < 1.29 is 0 Å². The maximum atomic E-state index is 5.88. The van der Waals surface area contributed by atoms with Crippen molar-refractivity contribution >= 4 is 5.82 Å². The number of aromatic nitrogens is 1. The lowest BCUT2D eigenvalue weighted by Gasteiger charge is -2.42. The van der Waals surface area contributed by atoms with E-state index in [2.05, 4.69) is 30.9 Å². The van der Waals surface area contributed by atoms with Crippen molar-refractivity contribution in [2.24, 2.45) is 17.6 Å². The lowest BCUT2D eigenvalue weighted by molar-refractivity contribution is 0.202. The first kappa shape index (κ1) is 14.8. The van der Waals surface area contributed by atoms with Crippen LogP contribution in [0.3, 0.4) is 0 Å². The topological polar surface area (TPSA) is 42.1 Å². The first-order valence-electron chi connectivity index (χ1n) is 8.63. The fourth-order valence-electron chi connectivity index (χ4n) is 3.98. The Morgan fingerprint density at radius 3 is 2.67 bits per heavy atom. The van der Waals surface area contributed by atoms with E-state index in [4.69, 9.17) is 10.7 Å². The second-order valence-corrected chi connectivity index (χ2v) is 7.16. The molecule has 2 fully saturated rings. The van der Waals surface area contributed by atoms with Crippen LogP contribution in [0.2, 0.25) is 0 Å². The summed E-state index contributed by atoms with van der Waals surface area (Å²) in [6.07, 6.45) is 7.07. The van der Waals surface area contributed by atoms with Crippen molar-refractivity contribution in [1.82, 2.24) is 4.98 Å². The average Bonchev–Trinajstić information content (AvgIpc) is 2.53. The number of hydrogen-bond acceptors (Lipinski definition) is 3. The van der Waals surface area contributed by atoms with Crippen LogP contribution in [0, 0.1) is 11.8 Å². The molecule has 3 nitrogen and oxygen atoms in total. The van der Waals surface area contributed by atoms with E-state index in [-0.39, 0.29) is 0 Å². The molecule has 1 saturated carbocycles. The zero-order chi connectivity index (χ0) is 14.8. The lowest BCUT2D eigenvalue weighted by atomic mass is 9.75. The van der Waals surface area contributed by atoms with Gasteiger partial charge in [0.25, 0.3) is 0 Å². The Hall–Kier alpha value is -1.09. The maximum Gasteiger partial charge on any atom is 0.129 e. The van der Waals surface area contributed by atoms with Crippen molar-refractivity contribution in [3.05, 3.63) is 23.4 Å². The average molecular weight is 287 g/mol. The molecule has 0 amide bonds. The second kappa shape index (κ2) is 6.35. The molecule has 116 valence electrons. The second-order valence-electron chi connectivity index (χ2n) is 7.16. The van der Waals surface area contributed by atoms with Gasteiger partial charge in [0.05, 0.1) is 0 Å². The van der Waals surface area contributed by atoms with Crippen LogP contribution in [0.5, 0.6) is 0 Å². The summed E-state index contributed by atoms with van der Waals surface area (Å²) in [7, 11) is 0. The van der Waals surface area contributed by atoms with Crippen LogP contribution in [0.4, 0.5) is 5.82 Å². The number of fused-ring (bicyclic) bond motifs is 1. The quantitative estimate of drug-likeness (QED) is 0.922. The largest absolute Gasteiger partial charge is 0.356 e. The van der Waals surface area contributed by atoms with E-state index in [1.807, 2.05) is 0 Å². The van der Waals surface area contributed by atoms with Crippen molar-refractivity contribution in [3.63, 3.8) is 0 Å². The first-order valence-corrected chi connectivity index (χ1v) is 8.63. The predicted octanol–water partition coefficient (Wildman–Crippen LogP) is 3.68. The first-order chi connectivity index (χ1) is 10.2. The Kier molecular flexibility index (Phi) is 4.48. The third kappa shape index (κ3) is 3.23. The summed E-state index contributed by atoms with van der Waals surface area (Å²) in [5.74, 6) is 3.48. The van der Waals surface area contributed by atoms with Gasteiger partial charge in [-0.1, -0.05) is 33.1 Å². The van der Waals surface area contributed by atoms with Gasteiger partial charge < -0.3 is 10.6 Å². The van der Waals surface area contributed by atoms with Gasteiger partial charge in [0.2, 0.25) is 0 Å². The molecule has 0 aromatic carbocycles. The summed E-state index contributed by atoms with van der Waals surface area (Å²) in [6.45, 7) is 7.39. The molecule has 2 heterocycles. The number of rotatable bonds is 3. The van der Waals surface area contributed by atoms with Gasteiger partial charge in [0, 0.05) is 25.3 Å². The van der Waals surface area contributed by atoms with Crippen molar-refractivity contribution in [3.8, 4) is 0 Å². The molecule has 1 aromatic heterocycles. The number of anilines is 1. The summed E-state index contributed by atoms with van der Waals surface area (Å²) in [5.41, 5.74) is 8.27. The Labute approximate surface area is 128 Å². The van der Waals surface area contributed by atoms with Crippen molar-refractivity contribution in [2.45, 2.75) is 58.4 Å². The summed E-state index contributed by atoms with van der Waals surface area (Å²) in [6, 6.07) is 4.37. The Morgan fingerprint density at radius 2 is 1.95 bits per heavy atom. The van der Waals surface area contributed by atoms with Crippen LogP contribution in [0.15, 0.2) is 12.1 Å². The van der Waals surface area contributed by atoms with Crippen LogP contribution < -0.4 is 10.6 Å². The highest BCUT2D eigenvalue weighted by Crippen LogP contribution is 2.37. The summed E-state index contributed by atoms with van der Waals surface area (Å²) in [4.78, 5) is 7.42. The molecule has 2 aliphatic rings. The molecular formula is C18H29N3. The molecule has 2 N–H and O–H groups in total. The zero-order valence-electron chi connectivity index (χ0n) is 13.5. The van der Waals surface area contributed by atoms with Gasteiger partial charge in [-0.3, -0.25) is 0 Å². The Morgan fingerprint density at radius 1 is 1.19 bits per heavy atom. The Balaban J connectivity index is 1.81. The monoisotopic (exact) mass is 287 g/mol. The van der Waals surface area contributed by atoms with Crippen LogP contribution in [-0.4, -0.2) is 18.1 Å². The minimum absolute atomic E-state index is 0.461. The fraction of sp³-hybridized carbons (Fsp3) is 0.722. The minimum atomic E-state index is 0.461. The van der Waals surface area contributed by atoms with Crippen molar-refractivity contribution in [2.75, 3.05) is 18.0 Å². The van der Waals surface area contributed by atoms with Gasteiger partial charge in [-0.05, 0) is 48.3 Å². The molecule has 1 aliphatic carbocycles. The number of piperidine rings is 1. The molecule has 0 radical (unpaired) electrons. The molecule has 2 unspecified atom stereocenters. The molecule has 1 aliphatic heterocycles. The third-order valence-electron chi connectivity index (χ3n) is 5.33. The highest BCUT2D eigenvalue weighted by atomic mass is 15.2. The standard InChI is InChI=1S/C18H29N3/c1-13(2)17-9-14(11-19)10-18(20-17)21-8-7-15-5-3-4-6-16(15)12-21/h9-10,13,15-16H,3-8,11-12,19H2,1-2H3. The van der Waals surface area contributed by atoms with Gasteiger partial charge in [-0.15, -0.1) is 0 Å². The predicted molar refractivity (Wildman–Crippen MR) is 88.5 cm³/mol. The zero-order valence-corrected chi connectivity index (χ0v) is 13.5. The fourth-order valence-corrected chi connectivity index (χ4v) is 3.98. The lowest BCUT2D eigenvalue weighted by Crippen LogP contribution is -2.42. The van der Waals surface area contributed by atoms with E-state index in [1.165, 1.54) is 56.5 Å². The van der Waals surface area contributed by atoms with E-state index < -0.39 is 0 Å². The Bertz CT molecular complexity index is 483. The van der Waals surface area contributed by atoms with Crippen LogP contribution in [0.1, 0.15) is 63.1 Å². The van der Waals surface area contributed by atoms with Crippen LogP contribution in [0.25, 0.3) is 0 Å². The molecule has 3 heteroatoms. The van der Waals surface area contributed by atoms with Crippen LogP contribution >= 0.6 is 0 Å². The summed E-state index contributed by atoms with van der Waals surface area (Å²) >= 11 is 0. The van der Waals surface area contributed by atoms with E-state index >= 15 is 0 Å². The highest BCUT2D eigenvalue weighted by Gasteiger charge is 2.31. The van der Waals surface area contributed by atoms with Crippen LogP contribution in [-0.2, 0) is 6.54 Å². The van der Waals surface area contributed by atoms with Gasteiger partial charge in [-0.25, -0.2) is 4.98 Å². The molecule has 0 spiro atoms. The number of pyridine rings is 1. The maximum absolute atomic E-state index is 5.88. The minimum Gasteiger partial charge on any atom is -0.356 e. The van der Waals surface area contributed by atoms with Gasteiger partial charge in [-0.2, -0.15) is 0 Å². The SMILES string of the molecule is CC(C)c1cc(CN)cc(N2CCC3CCCCC3C2)n1. The van der Waals surface area contributed by atoms with Crippen molar-refractivity contribution in [1.29, 1.82) is 0 Å². The number of nitrogens with zero attached hydrogens (tertiary/aromatic N) is 2. The number of nitrogens with two attached hydrogens (primary N) is 1. The molecule has 2 atom stereocenters. The van der Waals surface area contributed by atoms with Gasteiger partial charge in [0.1, 0.15) is 5.82 Å². The smallest absolute Gasteiger partial charge is 0.129 e. The number of hydrogen-bond donors (Lipinski definition) is 1. The molecule has 1 aromatic rings. The van der Waals surface area contributed by atoms with E-state index in [0.29, 0.717) is 12.5 Å². The molecular weight excluding hydrogens is 258 g/mol. The van der Waals surface area contributed by atoms with E-state index in [1.54, 1.807) is 0 Å². The highest BCUT2D eigenvalue weighted by molar-refractivity contribution is 5.44. The summed E-state index contributed by atoms with van der Waals surface area (Å²) < 4.78 is 0. The normalized spacial score (nSPS) is 26.0. The van der Waals surface area contributed by atoms with Gasteiger partial charge in [0.15, 0.2) is 0 Å². The van der Waals surface area contributed by atoms with E-state index in [9.17, 15) is 0 Å².